The number of amides is 1. The average Bonchev–Trinajstić information content (AvgIpc) is 2.63. The van der Waals surface area contributed by atoms with Crippen LogP contribution in [0.15, 0.2) is 48.5 Å². The van der Waals surface area contributed by atoms with E-state index in [2.05, 4.69) is 17.6 Å². The van der Waals surface area contributed by atoms with E-state index in [1.54, 1.807) is 0 Å². The molecule has 1 aliphatic rings. The van der Waals surface area contributed by atoms with Crippen molar-refractivity contribution in [3.05, 3.63) is 65.2 Å². The quantitative estimate of drug-likeness (QED) is 0.889. The van der Waals surface area contributed by atoms with Crippen molar-refractivity contribution >= 4 is 24.0 Å². The van der Waals surface area contributed by atoms with Crippen molar-refractivity contribution in [1.82, 2.24) is 5.32 Å². The molecule has 0 spiro atoms. The van der Waals surface area contributed by atoms with Crippen LogP contribution in [0, 0.1) is 0 Å². The molecule has 2 aromatic carbocycles. The van der Waals surface area contributed by atoms with Gasteiger partial charge in [-0.1, -0.05) is 31.2 Å². The number of aryl methyl sites for hydroxylation is 1. The highest BCUT2D eigenvalue weighted by atomic mass is 35.5. The van der Waals surface area contributed by atoms with E-state index in [-0.39, 0.29) is 24.4 Å². The summed E-state index contributed by atoms with van der Waals surface area (Å²) in [5.41, 5.74) is 3.82. The molecule has 2 aromatic rings. The fourth-order valence-corrected chi connectivity index (χ4v) is 2.66. The molecule has 1 saturated heterocycles. The zero-order valence-corrected chi connectivity index (χ0v) is 14.6. The number of carbonyl (C=O) groups excluding carboxylic acids is 1. The smallest absolute Gasteiger partial charge is 0.255 e. The van der Waals surface area contributed by atoms with Gasteiger partial charge in [0.05, 0.1) is 12.7 Å². The van der Waals surface area contributed by atoms with Gasteiger partial charge in [0.1, 0.15) is 0 Å². The van der Waals surface area contributed by atoms with Crippen LogP contribution in [-0.4, -0.2) is 25.6 Å². The first-order valence-electron chi connectivity index (χ1n) is 8.09. The number of hydrogen-bond donors (Lipinski definition) is 2. The maximum absolute atomic E-state index is 12.3. The minimum Gasteiger partial charge on any atom is -0.371 e. The third-order valence-corrected chi connectivity index (χ3v) is 4.09. The number of morpholine rings is 1. The fraction of sp³-hybridized carbons (Fsp3) is 0.316. The largest absolute Gasteiger partial charge is 0.371 e. The Bertz CT molecular complexity index is 650. The van der Waals surface area contributed by atoms with Gasteiger partial charge in [0.15, 0.2) is 0 Å². The van der Waals surface area contributed by atoms with E-state index in [1.807, 2.05) is 48.5 Å². The van der Waals surface area contributed by atoms with Crippen molar-refractivity contribution in [1.29, 1.82) is 0 Å². The number of rotatable bonds is 4. The molecular formula is C19H23ClN2O2. The van der Waals surface area contributed by atoms with Crippen LogP contribution in [0.3, 0.4) is 0 Å². The van der Waals surface area contributed by atoms with Crippen LogP contribution >= 0.6 is 12.4 Å². The van der Waals surface area contributed by atoms with Crippen LogP contribution in [0.1, 0.15) is 34.5 Å². The van der Waals surface area contributed by atoms with Gasteiger partial charge in [-0.15, -0.1) is 12.4 Å². The van der Waals surface area contributed by atoms with Gasteiger partial charge in [-0.3, -0.25) is 4.79 Å². The number of halogens is 1. The molecule has 1 amide bonds. The van der Waals surface area contributed by atoms with E-state index in [0.717, 1.165) is 37.4 Å². The fourth-order valence-electron chi connectivity index (χ4n) is 2.66. The molecule has 0 radical (unpaired) electrons. The van der Waals surface area contributed by atoms with E-state index < -0.39 is 0 Å². The monoisotopic (exact) mass is 346 g/mol. The Morgan fingerprint density at radius 3 is 2.46 bits per heavy atom. The first-order valence-corrected chi connectivity index (χ1v) is 8.09. The number of benzene rings is 2. The van der Waals surface area contributed by atoms with Gasteiger partial charge in [-0.25, -0.2) is 0 Å². The lowest BCUT2D eigenvalue weighted by Crippen LogP contribution is -2.33. The Balaban J connectivity index is 0.00000208. The van der Waals surface area contributed by atoms with Gasteiger partial charge >= 0.3 is 0 Å². The Labute approximate surface area is 149 Å². The average molecular weight is 347 g/mol. The van der Waals surface area contributed by atoms with Crippen LogP contribution in [-0.2, 0) is 11.2 Å². The first-order chi connectivity index (χ1) is 11.3. The second-order valence-electron chi connectivity index (χ2n) is 5.69. The van der Waals surface area contributed by atoms with Crippen LogP contribution in [0.25, 0.3) is 0 Å². The number of nitrogens with one attached hydrogen (secondary N) is 2. The standard InChI is InChI=1S/C19H22N2O2.ClH/c1-2-14-3-5-16(6-4-14)19(22)21-17-9-7-15(8-10-17)18-13-20-11-12-23-18;/h3-10,18,20H,2,11-13H2,1H3,(H,21,22);1H. The van der Waals surface area contributed by atoms with E-state index >= 15 is 0 Å². The van der Waals surface area contributed by atoms with Crippen molar-refractivity contribution in [2.45, 2.75) is 19.4 Å². The van der Waals surface area contributed by atoms with Gasteiger partial charge in [0, 0.05) is 24.3 Å². The highest BCUT2D eigenvalue weighted by Gasteiger charge is 2.15. The number of ether oxygens (including phenoxy) is 1. The predicted molar refractivity (Wildman–Crippen MR) is 99.0 cm³/mol. The molecule has 24 heavy (non-hydrogen) atoms. The van der Waals surface area contributed by atoms with E-state index in [4.69, 9.17) is 4.74 Å². The molecule has 4 nitrogen and oxygen atoms in total. The molecule has 1 unspecified atom stereocenters. The topological polar surface area (TPSA) is 50.4 Å². The Morgan fingerprint density at radius 1 is 1.17 bits per heavy atom. The maximum Gasteiger partial charge on any atom is 0.255 e. The molecule has 1 aliphatic heterocycles. The van der Waals surface area contributed by atoms with Crippen LogP contribution in [0.4, 0.5) is 5.69 Å². The minimum atomic E-state index is -0.0870. The first kappa shape index (κ1) is 18.5. The molecule has 0 bridgehead atoms. The Kier molecular flexibility index (Phi) is 6.79. The predicted octanol–water partition coefficient (Wildman–Crippen LogP) is 3.58. The number of anilines is 1. The summed E-state index contributed by atoms with van der Waals surface area (Å²) in [7, 11) is 0. The normalized spacial score (nSPS) is 17.0. The third kappa shape index (κ3) is 4.57. The Morgan fingerprint density at radius 2 is 1.88 bits per heavy atom. The molecule has 128 valence electrons. The summed E-state index contributed by atoms with van der Waals surface area (Å²) in [6, 6.07) is 15.6. The van der Waals surface area contributed by atoms with E-state index in [1.165, 1.54) is 5.56 Å². The molecule has 1 fully saturated rings. The summed E-state index contributed by atoms with van der Waals surface area (Å²) in [4.78, 5) is 12.3. The summed E-state index contributed by atoms with van der Waals surface area (Å²) in [6.45, 7) is 4.57. The summed E-state index contributed by atoms with van der Waals surface area (Å²) in [6.07, 6.45) is 1.07. The van der Waals surface area contributed by atoms with Gasteiger partial charge < -0.3 is 15.4 Å². The Hall–Kier alpha value is -1.88. The lowest BCUT2D eigenvalue weighted by molar-refractivity contribution is 0.0277. The molecule has 3 rings (SSSR count). The molecular weight excluding hydrogens is 324 g/mol. The summed E-state index contributed by atoms with van der Waals surface area (Å²) < 4.78 is 5.73. The van der Waals surface area contributed by atoms with Gasteiger partial charge in [-0.05, 0) is 41.8 Å². The minimum absolute atomic E-state index is 0. The van der Waals surface area contributed by atoms with Crippen molar-refractivity contribution in [3.8, 4) is 0 Å². The molecule has 0 saturated carbocycles. The zero-order valence-electron chi connectivity index (χ0n) is 13.7. The van der Waals surface area contributed by atoms with Crippen LogP contribution in [0.5, 0.6) is 0 Å². The summed E-state index contributed by atoms with van der Waals surface area (Å²) >= 11 is 0. The maximum atomic E-state index is 12.3. The highest BCUT2D eigenvalue weighted by molar-refractivity contribution is 6.04. The van der Waals surface area contributed by atoms with Crippen molar-refractivity contribution in [3.63, 3.8) is 0 Å². The molecule has 1 atom stereocenters. The van der Waals surface area contributed by atoms with Crippen LogP contribution in [0.2, 0.25) is 0 Å². The lowest BCUT2D eigenvalue weighted by Gasteiger charge is -2.24. The second-order valence-corrected chi connectivity index (χ2v) is 5.69. The van der Waals surface area contributed by atoms with Crippen LogP contribution < -0.4 is 10.6 Å². The molecule has 0 aromatic heterocycles. The molecule has 5 heteroatoms. The molecule has 1 heterocycles. The molecule has 0 aliphatic carbocycles. The van der Waals surface area contributed by atoms with Crippen molar-refractivity contribution < 1.29 is 9.53 Å². The summed E-state index contributed by atoms with van der Waals surface area (Å²) in [5, 5.41) is 6.25. The number of hydrogen-bond acceptors (Lipinski definition) is 3. The lowest BCUT2D eigenvalue weighted by atomic mass is 10.1. The van der Waals surface area contributed by atoms with Gasteiger partial charge in [0.25, 0.3) is 5.91 Å². The highest BCUT2D eigenvalue weighted by Crippen LogP contribution is 2.21. The van der Waals surface area contributed by atoms with Crippen molar-refractivity contribution in [2.75, 3.05) is 25.0 Å². The van der Waals surface area contributed by atoms with Crippen molar-refractivity contribution in [2.24, 2.45) is 0 Å². The van der Waals surface area contributed by atoms with Gasteiger partial charge in [-0.2, -0.15) is 0 Å². The van der Waals surface area contributed by atoms with E-state index in [9.17, 15) is 4.79 Å². The summed E-state index contributed by atoms with van der Waals surface area (Å²) in [5.74, 6) is -0.0870. The zero-order chi connectivity index (χ0) is 16.1. The second kappa shape index (κ2) is 8.83. The third-order valence-electron chi connectivity index (χ3n) is 4.09. The SMILES string of the molecule is CCc1ccc(C(=O)Nc2ccc(C3CNCCO3)cc2)cc1.Cl. The van der Waals surface area contributed by atoms with E-state index in [0.29, 0.717) is 5.56 Å². The van der Waals surface area contributed by atoms with Gasteiger partial charge in [0.2, 0.25) is 0 Å². The number of carbonyl (C=O) groups is 1. The molecule has 2 N–H and O–H groups in total.